The Bertz CT molecular complexity index is 498. The Labute approximate surface area is 108 Å². The van der Waals surface area contributed by atoms with Crippen LogP contribution in [0.15, 0.2) is 65.1 Å². The fraction of sp³-hybridized carbons (Fsp3) is 0.200. The van der Waals surface area contributed by atoms with Gasteiger partial charge >= 0.3 is 0 Å². The van der Waals surface area contributed by atoms with Crippen LogP contribution in [0, 0.1) is 0 Å². The SMILES string of the molecule is C=C/C=C\CC1N=C(c2ccccc2)N=C(C)N1. The van der Waals surface area contributed by atoms with Gasteiger partial charge < -0.3 is 5.32 Å². The van der Waals surface area contributed by atoms with Crippen LogP contribution in [0.3, 0.4) is 0 Å². The highest BCUT2D eigenvalue weighted by molar-refractivity contribution is 6.07. The summed E-state index contributed by atoms with van der Waals surface area (Å²) in [6, 6.07) is 10.0. The number of nitrogens with zero attached hydrogens (tertiary/aromatic N) is 2. The predicted molar refractivity (Wildman–Crippen MR) is 77.0 cm³/mol. The third-order valence-corrected chi connectivity index (χ3v) is 2.59. The van der Waals surface area contributed by atoms with Gasteiger partial charge in [-0.3, -0.25) is 0 Å². The average molecular weight is 239 g/mol. The van der Waals surface area contributed by atoms with E-state index in [1.54, 1.807) is 6.08 Å². The van der Waals surface area contributed by atoms with Crippen LogP contribution in [0.2, 0.25) is 0 Å². The van der Waals surface area contributed by atoms with Gasteiger partial charge in [0.1, 0.15) is 12.0 Å². The van der Waals surface area contributed by atoms with Crippen LogP contribution in [0.5, 0.6) is 0 Å². The van der Waals surface area contributed by atoms with Gasteiger partial charge in [0.2, 0.25) is 0 Å². The second kappa shape index (κ2) is 5.96. The van der Waals surface area contributed by atoms with Gasteiger partial charge in [-0.05, 0) is 6.92 Å². The topological polar surface area (TPSA) is 36.8 Å². The molecule has 3 nitrogen and oxygen atoms in total. The van der Waals surface area contributed by atoms with Crippen molar-refractivity contribution in [1.82, 2.24) is 5.32 Å². The number of nitrogens with one attached hydrogen (secondary N) is 1. The summed E-state index contributed by atoms with van der Waals surface area (Å²) < 4.78 is 0. The predicted octanol–water partition coefficient (Wildman–Crippen LogP) is 2.91. The molecule has 1 N–H and O–H groups in total. The lowest BCUT2D eigenvalue weighted by Crippen LogP contribution is -2.36. The Morgan fingerprint density at radius 2 is 2.11 bits per heavy atom. The first-order valence-corrected chi connectivity index (χ1v) is 6.02. The zero-order valence-corrected chi connectivity index (χ0v) is 10.5. The molecule has 18 heavy (non-hydrogen) atoms. The minimum atomic E-state index is 0.0499. The number of benzene rings is 1. The molecule has 1 aliphatic heterocycles. The van der Waals surface area contributed by atoms with Crippen LogP contribution in [0.25, 0.3) is 0 Å². The zero-order valence-electron chi connectivity index (χ0n) is 10.5. The van der Waals surface area contributed by atoms with Gasteiger partial charge in [-0.2, -0.15) is 0 Å². The van der Waals surface area contributed by atoms with Crippen molar-refractivity contribution < 1.29 is 0 Å². The van der Waals surface area contributed by atoms with Gasteiger partial charge in [-0.1, -0.05) is 55.1 Å². The van der Waals surface area contributed by atoms with E-state index in [0.29, 0.717) is 0 Å². The van der Waals surface area contributed by atoms with E-state index >= 15 is 0 Å². The zero-order chi connectivity index (χ0) is 12.8. The number of hydrogen-bond acceptors (Lipinski definition) is 3. The van der Waals surface area contributed by atoms with Crippen LogP contribution in [0.4, 0.5) is 0 Å². The fourth-order valence-electron chi connectivity index (χ4n) is 1.78. The van der Waals surface area contributed by atoms with Crippen LogP contribution in [0.1, 0.15) is 18.9 Å². The summed E-state index contributed by atoms with van der Waals surface area (Å²) in [5, 5.41) is 3.25. The van der Waals surface area contributed by atoms with E-state index in [2.05, 4.69) is 28.0 Å². The molecule has 0 aliphatic carbocycles. The summed E-state index contributed by atoms with van der Waals surface area (Å²) in [6.45, 7) is 5.61. The van der Waals surface area contributed by atoms with Crippen molar-refractivity contribution in [2.24, 2.45) is 9.98 Å². The Hall–Kier alpha value is -2.16. The summed E-state index contributed by atoms with van der Waals surface area (Å²) in [6.07, 6.45) is 6.63. The summed E-state index contributed by atoms with van der Waals surface area (Å²) in [7, 11) is 0. The van der Waals surface area contributed by atoms with E-state index in [1.165, 1.54) is 0 Å². The minimum absolute atomic E-state index is 0.0499. The van der Waals surface area contributed by atoms with Crippen molar-refractivity contribution in [2.75, 3.05) is 0 Å². The average Bonchev–Trinajstić information content (AvgIpc) is 2.39. The number of aliphatic imine (C=N–C) groups is 2. The highest BCUT2D eigenvalue weighted by Crippen LogP contribution is 2.09. The highest BCUT2D eigenvalue weighted by Gasteiger charge is 2.14. The van der Waals surface area contributed by atoms with E-state index in [1.807, 2.05) is 43.3 Å². The van der Waals surface area contributed by atoms with Crippen LogP contribution in [-0.2, 0) is 0 Å². The third kappa shape index (κ3) is 3.17. The molecule has 0 fully saturated rings. The van der Waals surface area contributed by atoms with E-state index in [0.717, 1.165) is 23.7 Å². The minimum Gasteiger partial charge on any atom is -0.352 e. The molecule has 1 heterocycles. The Morgan fingerprint density at radius 1 is 1.33 bits per heavy atom. The van der Waals surface area contributed by atoms with Gasteiger partial charge in [-0.25, -0.2) is 9.98 Å². The maximum absolute atomic E-state index is 4.61. The van der Waals surface area contributed by atoms with Crippen molar-refractivity contribution in [3.8, 4) is 0 Å². The largest absolute Gasteiger partial charge is 0.352 e. The number of hydrogen-bond donors (Lipinski definition) is 1. The quantitative estimate of drug-likeness (QED) is 0.806. The van der Waals surface area contributed by atoms with Crippen molar-refractivity contribution in [3.63, 3.8) is 0 Å². The lowest BCUT2D eigenvalue weighted by Gasteiger charge is -2.20. The normalized spacial score (nSPS) is 19.1. The molecule has 1 aliphatic rings. The molecule has 92 valence electrons. The summed E-state index contributed by atoms with van der Waals surface area (Å²) in [5.74, 6) is 1.70. The summed E-state index contributed by atoms with van der Waals surface area (Å²) in [5.41, 5.74) is 1.05. The summed E-state index contributed by atoms with van der Waals surface area (Å²) >= 11 is 0. The smallest absolute Gasteiger partial charge is 0.158 e. The molecule has 0 bridgehead atoms. The molecule has 0 amide bonds. The van der Waals surface area contributed by atoms with E-state index in [-0.39, 0.29) is 6.17 Å². The summed E-state index contributed by atoms with van der Waals surface area (Å²) in [4.78, 5) is 9.05. The van der Waals surface area contributed by atoms with Gasteiger partial charge in [0.05, 0.1) is 0 Å². The fourth-order valence-corrected chi connectivity index (χ4v) is 1.78. The molecule has 0 radical (unpaired) electrons. The first kappa shape index (κ1) is 12.3. The second-order valence-electron chi connectivity index (χ2n) is 4.08. The Morgan fingerprint density at radius 3 is 2.83 bits per heavy atom. The second-order valence-corrected chi connectivity index (χ2v) is 4.08. The van der Waals surface area contributed by atoms with Crippen molar-refractivity contribution in [1.29, 1.82) is 0 Å². The molecular formula is C15H17N3. The monoisotopic (exact) mass is 239 g/mol. The molecule has 1 unspecified atom stereocenters. The molecular weight excluding hydrogens is 222 g/mol. The Kier molecular flexibility index (Phi) is 4.07. The van der Waals surface area contributed by atoms with Gasteiger partial charge in [-0.15, -0.1) is 0 Å². The van der Waals surface area contributed by atoms with Crippen LogP contribution < -0.4 is 5.32 Å². The number of amidine groups is 2. The van der Waals surface area contributed by atoms with Crippen molar-refractivity contribution >= 4 is 11.7 Å². The molecule has 0 saturated carbocycles. The molecule has 1 aromatic carbocycles. The molecule has 0 aromatic heterocycles. The van der Waals surface area contributed by atoms with Crippen molar-refractivity contribution in [3.05, 3.63) is 60.7 Å². The lowest BCUT2D eigenvalue weighted by molar-refractivity contribution is 0.635. The molecule has 1 atom stereocenters. The molecule has 2 rings (SSSR count). The maximum atomic E-state index is 4.61. The first-order valence-electron chi connectivity index (χ1n) is 6.02. The Balaban J connectivity index is 2.18. The number of rotatable bonds is 4. The lowest BCUT2D eigenvalue weighted by atomic mass is 10.2. The standard InChI is InChI=1S/C15H17N3/c1-3-4-6-11-14-16-12(2)17-15(18-14)13-9-7-5-8-10-13/h3-10,14H,1,11H2,2H3,(H,16,17,18)/b6-4-. The van der Waals surface area contributed by atoms with Crippen molar-refractivity contribution in [2.45, 2.75) is 19.5 Å². The van der Waals surface area contributed by atoms with E-state index < -0.39 is 0 Å². The van der Waals surface area contributed by atoms with E-state index in [9.17, 15) is 0 Å². The van der Waals surface area contributed by atoms with Crippen LogP contribution in [-0.4, -0.2) is 17.8 Å². The van der Waals surface area contributed by atoms with Gasteiger partial charge in [0.15, 0.2) is 5.84 Å². The highest BCUT2D eigenvalue weighted by atomic mass is 15.2. The molecule has 3 heteroatoms. The molecule has 1 aromatic rings. The number of allylic oxidation sites excluding steroid dienone is 2. The third-order valence-electron chi connectivity index (χ3n) is 2.59. The molecule has 0 saturated heterocycles. The van der Waals surface area contributed by atoms with Crippen LogP contribution >= 0.6 is 0 Å². The van der Waals surface area contributed by atoms with Gasteiger partial charge in [0.25, 0.3) is 0 Å². The maximum Gasteiger partial charge on any atom is 0.158 e. The van der Waals surface area contributed by atoms with E-state index in [4.69, 9.17) is 0 Å². The van der Waals surface area contributed by atoms with Gasteiger partial charge in [0, 0.05) is 12.0 Å². The molecule has 0 spiro atoms. The first-order chi connectivity index (χ1) is 8.79.